The maximum atomic E-state index is 13.1. The van der Waals surface area contributed by atoms with Crippen LogP contribution in [0.3, 0.4) is 0 Å². The molecule has 5 heteroatoms. The number of rotatable bonds is 7. The molecule has 1 aromatic carbocycles. The number of pyridine rings is 1. The lowest BCUT2D eigenvalue weighted by molar-refractivity contribution is -0.134. The molecule has 1 saturated heterocycles. The van der Waals surface area contributed by atoms with E-state index in [1.165, 1.54) is 0 Å². The first kappa shape index (κ1) is 19.5. The molecule has 0 atom stereocenters. The highest BCUT2D eigenvalue weighted by atomic mass is 16.2. The smallest absolute Gasteiger partial charge is 0.237 e. The molecule has 5 nitrogen and oxygen atoms in total. The van der Waals surface area contributed by atoms with E-state index in [2.05, 4.69) is 34.4 Å². The number of aromatic nitrogens is 1. The average molecular weight is 367 g/mol. The molecule has 1 aliphatic heterocycles. The van der Waals surface area contributed by atoms with Gasteiger partial charge in [0, 0.05) is 18.3 Å². The first-order valence-corrected chi connectivity index (χ1v) is 9.77. The molecule has 1 fully saturated rings. The van der Waals surface area contributed by atoms with E-state index in [1.807, 2.05) is 48.2 Å². The van der Waals surface area contributed by atoms with Crippen molar-refractivity contribution in [3.8, 4) is 0 Å². The van der Waals surface area contributed by atoms with Crippen LogP contribution in [-0.4, -0.2) is 53.4 Å². The summed E-state index contributed by atoms with van der Waals surface area (Å²) < 4.78 is 0. The van der Waals surface area contributed by atoms with Crippen molar-refractivity contribution in [1.29, 1.82) is 0 Å². The molecule has 0 radical (unpaired) electrons. The molecule has 0 saturated carbocycles. The Hall–Kier alpha value is -2.24. The second-order valence-electron chi connectivity index (χ2n) is 7.40. The molecule has 0 aliphatic carbocycles. The second kappa shape index (κ2) is 9.62. The summed E-state index contributed by atoms with van der Waals surface area (Å²) in [6.45, 7) is 5.64. The summed E-state index contributed by atoms with van der Waals surface area (Å²) in [6.07, 6.45) is 2.20. The van der Waals surface area contributed by atoms with Crippen molar-refractivity contribution in [2.45, 2.75) is 38.9 Å². The van der Waals surface area contributed by atoms with Crippen molar-refractivity contribution in [2.24, 2.45) is 0 Å². The Morgan fingerprint density at radius 1 is 1.07 bits per heavy atom. The van der Waals surface area contributed by atoms with Crippen LogP contribution in [0, 0.1) is 6.92 Å². The van der Waals surface area contributed by atoms with Crippen LogP contribution in [0.25, 0.3) is 0 Å². The topological polar surface area (TPSA) is 48.5 Å². The van der Waals surface area contributed by atoms with Gasteiger partial charge in [0.25, 0.3) is 0 Å². The number of hydrogen-bond acceptors (Lipinski definition) is 4. The lowest BCUT2D eigenvalue weighted by Crippen LogP contribution is -2.46. The Kier molecular flexibility index (Phi) is 6.96. The number of nitrogens with zero attached hydrogens (tertiary/aromatic N) is 3. The molecule has 27 heavy (non-hydrogen) atoms. The number of likely N-dealkylation sites (N-methyl/N-ethyl adjacent to an activating group) is 1. The molecule has 3 rings (SSSR count). The zero-order chi connectivity index (χ0) is 19.1. The molecule has 144 valence electrons. The predicted octanol–water partition coefficient (Wildman–Crippen LogP) is 2.60. The van der Waals surface area contributed by atoms with E-state index in [0.29, 0.717) is 25.7 Å². The Morgan fingerprint density at radius 2 is 1.81 bits per heavy atom. The maximum absolute atomic E-state index is 13.1. The Labute approximate surface area is 162 Å². The van der Waals surface area contributed by atoms with Gasteiger partial charge < -0.3 is 10.2 Å². The van der Waals surface area contributed by atoms with Gasteiger partial charge >= 0.3 is 0 Å². The first-order chi connectivity index (χ1) is 13.1. The van der Waals surface area contributed by atoms with Crippen molar-refractivity contribution < 1.29 is 4.79 Å². The highest BCUT2D eigenvalue weighted by molar-refractivity contribution is 5.78. The van der Waals surface area contributed by atoms with Gasteiger partial charge in [-0.15, -0.1) is 0 Å². The van der Waals surface area contributed by atoms with Crippen LogP contribution in [0.5, 0.6) is 0 Å². The van der Waals surface area contributed by atoms with Crippen molar-refractivity contribution in [1.82, 2.24) is 20.1 Å². The van der Waals surface area contributed by atoms with E-state index in [0.717, 1.165) is 42.9 Å². The number of nitrogens with one attached hydrogen (secondary N) is 1. The number of carbonyl (C=O) groups is 1. The quantitative estimate of drug-likeness (QED) is 0.818. The Morgan fingerprint density at radius 3 is 2.52 bits per heavy atom. The molecule has 2 aromatic rings. The normalized spacial score (nSPS) is 15.1. The third-order valence-corrected chi connectivity index (χ3v) is 5.18. The second-order valence-corrected chi connectivity index (χ2v) is 7.40. The summed E-state index contributed by atoms with van der Waals surface area (Å²) in [4.78, 5) is 21.9. The predicted molar refractivity (Wildman–Crippen MR) is 108 cm³/mol. The number of hydrogen-bond donors (Lipinski definition) is 1. The number of benzene rings is 1. The minimum absolute atomic E-state index is 0.156. The van der Waals surface area contributed by atoms with E-state index in [4.69, 9.17) is 0 Å². The number of amides is 1. The molecule has 1 N–H and O–H groups in total. The van der Waals surface area contributed by atoms with Crippen molar-refractivity contribution in [3.05, 3.63) is 65.5 Å². The zero-order valence-corrected chi connectivity index (χ0v) is 16.4. The molecule has 1 aromatic heterocycles. The van der Waals surface area contributed by atoms with Crippen molar-refractivity contribution in [2.75, 3.05) is 26.7 Å². The van der Waals surface area contributed by atoms with Crippen LogP contribution >= 0.6 is 0 Å². The van der Waals surface area contributed by atoms with Crippen LogP contribution in [0.2, 0.25) is 0 Å². The molecule has 0 bridgehead atoms. The van der Waals surface area contributed by atoms with Crippen molar-refractivity contribution in [3.63, 3.8) is 0 Å². The summed E-state index contributed by atoms with van der Waals surface area (Å²) in [5.41, 5.74) is 3.05. The highest BCUT2D eigenvalue weighted by Gasteiger charge is 2.23. The van der Waals surface area contributed by atoms with E-state index in [9.17, 15) is 4.79 Å². The highest BCUT2D eigenvalue weighted by Crippen LogP contribution is 2.13. The fraction of sp³-hybridized carbons (Fsp3) is 0.455. The van der Waals surface area contributed by atoms with E-state index < -0.39 is 0 Å². The van der Waals surface area contributed by atoms with Crippen LogP contribution in [0.15, 0.2) is 48.5 Å². The molecular formula is C22H30N4O. The number of aryl methyl sites for hydroxylation is 1. The Balaban J connectivity index is 1.70. The van der Waals surface area contributed by atoms with Gasteiger partial charge in [-0.1, -0.05) is 36.4 Å². The minimum Gasteiger partial charge on any atom is -0.331 e. The largest absolute Gasteiger partial charge is 0.331 e. The van der Waals surface area contributed by atoms with Gasteiger partial charge in [-0.05, 0) is 57.6 Å². The lowest BCUT2D eigenvalue weighted by atomic mass is 10.1. The first-order valence-electron chi connectivity index (χ1n) is 9.77. The van der Waals surface area contributed by atoms with Crippen LogP contribution in [-0.2, 0) is 17.9 Å². The summed E-state index contributed by atoms with van der Waals surface area (Å²) in [5.74, 6) is 0.156. The fourth-order valence-corrected chi connectivity index (χ4v) is 3.61. The summed E-state index contributed by atoms with van der Waals surface area (Å²) >= 11 is 0. The number of piperidine rings is 1. The average Bonchev–Trinajstić information content (AvgIpc) is 2.69. The van der Waals surface area contributed by atoms with E-state index in [-0.39, 0.29) is 5.91 Å². The van der Waals surface area contributed by atoms with Gasteiger partial charge in [0.05, 0.1) is 18.8 Å². The summed E-state index contributed by atoms with van der Waals surface area (Å²) in [7, 11) is 2.07. The van der Waals surface area contributed by atoms with Gasteiger partial charge in [-0.3, -0.25) is 14.7 Å². The summed E-state index contributed by atoms with van der Waals surface area (Å²) in [6, 6.07) is 16.6. The van der Waals surface area contributed by atoms with Gasteiger partial charge in [0.15, 0.2) is 0 Å². The van der Waals surface area contributed by atoms with Crippen LogP contribution < -0.4 is 5.32 Å². The molecule has 0 unspecified atom stereocenters. The maximum Gasteiger partial charge on any atom is 0.237 e. The molecular weight excluding hydrogens is 336 g/mol. The van der Waals surface area contributed by atoms with Gasteiger partial charge in [-0.25, -0.2) is 0 Å². The van der Waals surface area contributed by atoms with Gasteiger partial charge in [0.2, 0.25) is 5.91 Å². The molecule has 1 aliphatic rings. The Bertz CT molecular complexity index is 728. The van der Waals surface area contributed by atoms with Gasteiger partial charge in [0.1, 0.15) is 0 Å². The minimum atomic E-state index is 0.156. The SMILES string of the molecule is Cc1cccc(CN(Cc2ccccc2)C(=O)CN(C)C2CCNCC2)n1. The van der Waals surface area contributed by atoms with E-state index >= 15 is 0 Å². The van der Waals surface area contributed by atoms with Gasteiger partial charge in [-0.2, -0.15) is 0 Å². The zero-order valence-electron chi connectivity index (χ0n) is 16.4. The van der Waals surface area contributed by atoms with Crippen LogP contribution in [0.4, 0.5) is 0 Å². The molecule has 1 amide bonds. The third kappa shape index (κ3) is 5.88. The van der Waals surface area contributed by atoms with Crippen LogP contribution in [0.1, 0.15) is 29.8 Å². The third-order valence-electron chi connectivity index (χ3n) is 5.18. The number of carbonyl (C=O) groups excluding carboxylic acids is 1. The van der Waals surface area contributed by atoms with E-state index in [1.54, 1.807) is 0 Å². The molecule has 2 heterocycles. The standard InChI is InChI=1S/C22H30N4O/c1-18-7-6-10-20(24-18)16-26(15-19-8-4-3-5-9-19)22(27)17-25(2)21-11-13-23-14-12-21/h3-10,21,23H,11-17H2,1-2H3. The summed E-state index contributed by atoms with van der Waals surface area (Å²) in [5, 5.41) is 3.39. The lowest BCUT2D eigenvalue weighted by Gasteiger charge is -2.33. The van der Waals surface area contributed by atoms with Crippen molar-refractivity contribution >= 4 is 5.91 Å². The fourth-order valence-electron chi connectivity index (χ4n) is 3.61. The monoisotopic (exact) mass is 366 g/mol. The molecule has 0 spiro atoms.